The third-order valence-electron chi connectivity index (χ3n) is 2.22. The maximum Gasteiger partial charge on any atom is 0.336 e. The standard InChI is InChI=1S/C11H8N2O3/c14-6-13-9-3-1-2-7-8(11(15)16)4-5-12-10(7)9/h1-6H,(H,13,14)(H,15,16). The molecule has 0 fully saturated rings. The van der Waals surface area contributed by atoms with E-state index in [1.165, 1.54) is 12.3 Å². The largest absolute Gasteiger partial charge is 0.478 e. The number of carboxylic acids is 1. The molecule has 0 aliphatic rings. The van der Waals surface area contributed by atoms with E-state index in [1.54, 1.807) is 18.2 Å². The van der Waals surface area contributed by atoms with E-state index in [0.29, 0.717) is 23.0 Å². The van der Waals surface area contributed by atoms with Crippen LogP contribution in [0, 0.1) is 0 Å². The summed E-state index contributed by atoms with van der Waals surface area (Å²) < 4.78 is 0. The summed E-state index contributed by atoms with van der Waals surface area (Å²) in [5.74, 6) is -1.02. The predicted octanol–water partition coefficient (Wildman–Crippen LogP) is 1.50. The Labute approximate surface area is 90.7 Å². The topological polar surface area (TPSA) is 79.3 Å². The maximum absolute atomic E-state index is 11.0. The Hall–Kier alpha value is -2.43. The molecule has 0 saturated heterocycles. The lowest BCUT2D eigenvalue weighted by molar-refractivity contribution is -0.105. The molecule has 80 valence electrons. The number of nitrogens with one attached hydrogen (secondary N) is 1. The van der Waals surface area contributed by atoms with E-state index >= 15 is 0 Å². The molecule has 2 N–H and O–H groups in total. The summed E-state index contributed by atoms with van der Waals surface area (Å²) in [7, 11) is 0. The Balaban J connectivity index is 2.75. The van der Waals surface area contributed by atoms with Crippen LogP contribution < -0.4 is 5.32 Å². The number of aromatic nitrogens is 1. The summed E-state index contributed by atoms with van der Waals surface area (Å²) in [5, 5.41) is 12.0. The third-order valence-corrected chi connectivity index (χ3v) is 2.22. The molecule has 1 aromatic carbocycles. The minimum Gasteiger partial charge on any atom is -0.478 e. The van der Waals surface area contributed by atoms with Crippen LogP contribution in [0.1, 0.15) is 10.4 Å². The van der Waals surface area contributed by atoms with Crippen LogP contribution >= 0.6 is 0 Å². The van der Waals surface area contributed by atoms with Crippen molar-refractivity contribution >= 4 is 29.0 Å². The summed E-state index contributed by atoms with van der Waals surface area (Å²) in [6, 6.07) is 6.41. The third kappa shape index (κ3) is 1.58. The van der Waals surface area contributed by atoms with Crippen LogP contribution in [0.2, 0.25) is 0 Å². The fourth-order valence-corrected chi connectivity index (χ4v) is 1.54. The maximum atomic E-state index is 11.0. The normalized spacial score (nSPS) is 10.0. The Morgan fingerprint density at radius 3 is 2.88 bits per heavy atom. The molecule has 0 radical (unpaired) electrons. The first-order valence-electron chi connectivity index (χ1n) is 4.55. The van der Waals surface area contributed by atoms with Gasteiger partial charge in [-0.3, -0.25) is 9.78 Å². The first-order chi connectivity index (χ1) is 7.74. The molecule has 0 spiro atoms. The van der Waals surface area contributed by atoms with Gasteiger partial charge in [0.05, 0.1) is 16.8 Å². The van der Waals surface area contributed by atoms with Crippen LogP contribution in [0.25, 0.3) is 10.9 Å². The fourth-order valence-electron chi connectivity index (χ4n) is 1.54. The number of para-hydroxylation sites is 1. The highest BCUT2D eigenvalue weighted by Crippen LogP contribution is 2.23. The molecule has 0 atom stereocenters. The molecule has 2 aromatic rings. The molecular formula is C11H8N2O3. The van der Waals surface area contributed by atoms with Gasteiger partial charge in [0.15, 0.2) is 0 Å². The number of anilines is 1. The van der Waals surface area contributed by atoms with Crippen molar-refractivity contribution in [2.75, 3.05) is 5.32 Å². The molecule has 5 heteroatoms. The average Bonchev–Trinajstić information content (AvgIpc) is 2.29. The first-order valence-corrected chi connectivity index (χ1v) is 4.55. The van der Waals surface area contributed by atoms with Crippen LogP contribution in [-0.2, 0) is 4.79 Å². The van der Waals surface area contributed by atoms with Gasteiger partial charge in [0, 0.05) is 11.6 Å². The van der Waals surface area contributed by atoms with E-state index < -0.39 is 5.97 Å². The Kier molecular flexibility index (Phi) is 2.51. The van der Waals surface area contributed by atoms with Gasteiger partial charge >= 0.3 is 5.97 Å². The first kappa shape index (κ1) is 10.1. The molecule has 16 heavy (non-hydrogen) atoms. The summed E-state index contributed by atoms with van der Waals surface area (Å²) in [6.45, 7) is 0. The molecule has 2 rings (SSSR count). The predicted molar refractivity (Wildman–Crippen MR) is 58.4 cm³/mol. The number of fused-ring (bicyclic) bond motifs is 1. The van der Waals surface area contributed by atoms with Gasteiger partial charge in [-0.2, -0.15) is 0 Å². The fraction of sp³-hybridized carbons (Fsp3) is 0. The van der Waals surface area contributed by atoms with Crippen LogP contribution in [0.3, 0.4) is 0 Å². The summed E-state index contributed by atoms with van der Waals surface area (Å²) >= 11 is 0. The summed E-state index contributed by atoms with van der Waals surface area (Å²) in [5.41, 5.74) is 1.13. The molecule has 0 aliphatic carbocycles. The van der Waals surface area contributed by atoms with Gasteiger partial charge in [0.2, 0.25) is 6.41 Å². The van der Waals surface area contributed by atoms with Crippen molar-refractivity contribution in [3.63, 3.8) is 0 Å². The SMILES string of the molecule is O=CNc1cccc2c(C(=O)O)ccnc12. The van der Waals surface area contributed by atoms with Crippen LogP contribution in [0.15, 0.2) is 30.5 Å². The molecule has 1 amide bonds. The second kappa shape index (κ2) is 3.98. The van der Waals surface area contributed by atoms with E-state index in [4.69, 9.17) is 5.11 Å². The monoisotopic (exact) mass is 216 g/mol. The van der Waals surface area contributed by atoms with Crippen molar-refractivity contribution < 1.29 is 14.7 Å². The van der Waals surface area contributed by atoms with Gasteiger partial charge in [-0.05, 0) is 12.1 Å². The van der Waals surface area contributed by atoms with Crippen molar-refractivity contribution in [2.45, 2.75) is 0 Å². The van der Waals surface area contributed by atoms with Crippen LogP contribution in [-0.4, -0.2) is 22.5 Å². The zero-order valence-corrected chi connectivity index (χ0v) is 8.18. The van der Waals surface area contributed by atoms with E-state index in [0.717, 1.165) is 0 Å². The number of hydrogen-bond acceptors (Lipinski definition) is 3. The molecule has 0 saturated carbocycles. The van der Waals surface area contributed by atoms with Crippen molar-refractivity contribution in [1.29, 1.82) is 0 Å². The second-order valence-corrected chi connectivity index (χ2v) is 3.13. The molecule has 0 aliphatic heterocycles. The number of benzene rings is 1. The second-order valence-electron chi connectivity index (χ2n) is 3.13. The van der Waals surface area contributed by atoms with Crippen molar-refractivity contribution in [3.8, 4) is 0 Å². The highest BCUT2D eigenvalue weighted by atomic mass is 16.4. The van der Waals surface area contributed by atoms with Gasteiger partial charge in [-0.15, -0.1) is 0 Å². The number of rotatable bonds is 3. The number of carbonyl (C=O) groups is 2. The zero-order valence-electron chi connectivity index (χ0n) is 8.18. The molecule has 1 heterocycles. The number of carboxylic acid groups (broad SMARTS) is 1. The number of amides is 1. The van der Waals surface area contributed by atoms with E-state index in [2.05, 4.69) is 10.3 Å². The minimum absolute atomic E-state index is 0.166. The molecule has 0 unspecified atom stereocenters. The van der Waals surface area contributed by atoms with Gasteiger partial charge < -0.3 is 10.4 Å². The Morgan fingerprint density at radius 2 is 2.19 bits per heavy atom. The Morgan fingerprint density at radius 1 is 1.38 bits per heavy atom. The summed E-state index contributed by atoms with van der Waals surface area (Å²) in [6.07, 6.45) is 1.94. The number of nitrogens with zero attached hydrogens (tertiary/aromatic N) is 1. The molecule has 5 nitrogen and oxygen atoms in total. The lowest BCUT2D eigenvalue weighted by Gasteiger charge is -2.05. The average molecular weight is 216 g/mol. The highest BCUT2D eigenvalue weighted by Gasteiger charge is 2.10. The van der Waals surface area contributed by atoms with Crippen molar-refractivity contribution in [3.05, 3.63) is 36.0 Å². The van der Waals surface area contributed by atoms with Crippen molar-refractivity contribution in [1.82, 2.24) is 4.98 Å². The van der Waals surface area contributed by atoms with E-state index in [-0.39, 0.29) is 5.56 Å². The van der Waals surface area contributed by atoms with E-state index in [9.17, 15) is 9.59 Å². The highest BCUT2D eigenvalue weighted by molar-refractivity contribution is 6.06. The van der Waals surface area contributed by atoms with E-state index in [1.807, 2.05) is 0 Å². The van der Waals surface area contributed by atoms with Crippen LogP contribution in [0.5, 0.6) is 0 Å². The molecule has 1 aromatic heterocycles. The minimum atomic E-state index is -1.02. The van der Waals surface area contributed by atoms with Gasteiger partial charge in [0.1, 0.15) is 0 Å². The van der Waals surface area contributed by atoms with Gasteiger partial charge in [-0.25, -0.2) is 4.79 Å². The number of aromatic carboxylic acids is 1. The van der Waals surface area contributed by atoms with Gasteiger partial charge in [-0.1, -0.05) is 12.1 Å². The molecular weight excluding hydrogens is 208 g/mol. The smallest absolute Gasteiger partial charge is 0.336 e. The number of carbonyl (C=O) groups excluding carboxylic acids is 1. The lowest BCUT2D eigenvalue weighted by atomic mass is 10.1. The zero-order chi connectivity index (χ0) is 11.5. The van der Waals surface area contributed by atoms with Gasteiger partial charge in [0.25, 0.3) is 0 Å². The number of hydrogen-bond donors (Lipinski definition) is 2. The molecule has 0 bridgehead atoms. The van der Waals surface area contributed by atoms with Crippen molar-refractivity contribution in [2.24, 2.45) is 0 Å². The number of pyridine rings is 1. The summed E-state index contributed by atoms with van der Waals surface area (Å²) in [4.78, 5) is 25.4. The quantitative estimate of drug-likeness (QED) is 0.762. The van der Waals surface area contributed by atoms with Crippen LogP contribution in [0.4, 0.5) is 5.69 Å². The Bertz CT molecular complexity index is 566. The lowest BCUT2D eigenvalue weighted by Crippen LogP contribution is -2.01.